The van der Waals surface area contributed by atoms with Crippen molar-refractivity contribution in [1.82, 2.24) is 15.0 Å². The second kappa shape index (κ2) is 12.0. The smallest absolute Gasteiger partial charge is 0.227 e. The van der Waals surface area contributed by atoms with Crippen LogP contribution in [0.4, 0.5) is 0 Å². The molecule has 0 unspecified atom stereocenters. The van der Waals surface area contributed by atoms with Crippen LogP contribution < -0.4 is 0 Å². The molecule has 0 aliphatic rings. The molecule has 3 heterocycles. The molecule has 0 aliphatic heterocycles. The van der Waals surface area contributed by atoms with Crippen LogP contribution in [0.1, 0.15) is 0 Å². The number of phenols is 2. The van der Waals surface area contributed by atoms with Crippen LogP contribution in [-0.2, 0) is 0 Å². The molecular weight excluding hydrogens is 679 g/mol. The summed E-state index contributed by atoms with van der Waals surface area (Å²) in [4.78, 5) is 13.9. The Kier molecular flexibility index (Phi) is 6.75. The van der Waals surface area contributed by atoms with Crippen LogP contribution in [-0.4, -0.2) is 25.2 Å². The van der Waals surface area contributed by atoms with Gasteiger partial charge in [-0.1, -0.05) is 91.0 Å². The van der Waals surface area contributed by atoms with Gasteiger partial charge in [0.25, 0.3) is 0 Å². The number of pyridine rings is 2. The van der Waals surface area contributed by atoms with Crippen molar-refractivity contribution >= 4 is 65.2 Å². The van der Waals surface area contributed by atoms with Gasteiger partial charge in [0.15, 0.2) is 5.58 Å². The highest BCUT2D eigenvalue weighted by Crippen LogP contribution is 2.50. The van der Waals surface area contributed by atoms with Crippen molar-refractivity contribution in [3.8, 4) is 56.3 Å². The minimum Gasteiger partial charge on any atom is -0.506 e. The number of oxazole rings is 1. The molecule has 8 aromatic carbocycles. The normalized spacial score (nSPS) is 11.8. The number of aromatic hydroxyl groups is 2. The quantitative estimate of drug-likeness (QED) is 0.140. The van der Waals surface area contributed by atoms with E-state index in [0.717, 1.165) is 93.1 Å². The molecule has 6 nitrogen and oxygen atoms in total. The van der Waals surface area contributed by atoms with Crippen LogP contribution >= 0.6 is 0 Å². The summed E-state index contributed by atoms with van der Waals surface area (Å²) in [7, 11) is 0. The van der Waals surface area contributed by atoms with E-state index >= 15 is 0 Å². The Hall–Kier alpha value is -7.57. The van der Waals surface area contributed by atoms with Gasteiger partial charge < -0.3 is 14.6 Å². The van der Waals surface area contributed by atoms with Crippen LogP contribution in [0, 0.1) is 0 Å². The second-order valence-corrected chi connectivity index (χ2v) is 13.8. The van der Waals surface area contributed by atoms with Crippen molar-refractivity contribution in [2.75, 3.05) is 0 Å². The fraction of sp³-hybridized carbons (Fsp3) is 0. The lowest BCUT2D eigenvalue weighted by atomic mass is 9.82. The third kappa shape index (κ3) is 4.71. The first-order valence-electron chi connectivity index (χ1n) is 18.1. The molecule has 11 rings (SSSR count). The van der Waals surface area contributed by atoms with Crippen molar-refractivity contribution in [3.05, 3.63) is 164 Å². The van der Waals surface area contributed by atoms with E-state index in [-0.39, 0.29) is 11.5 Å². The number of aromatic nitrogens is 3. The summed E-state index contributed by atoms with van der Waals surface area (Å²) in [5, 5.41) is 30.0. The van der Waals surface area contributed by atoms with Gasteiger partial charge in [-0.2, -0.15) is 0 Å². The molecule has 0 radical (unpaired) electrons. The van der Waals surface area contributed by atoms with Crippen LogP contribution in [0.15, 0.2) is 168 Å². The van der Waals surface area contributed by atoms with Gasteiger partial charge in [-0.25, -0.2) is 4.98 Å². The van der Waals surface area contributed by atoms with Crippen molar-refractivity contribution < 1.29 is 14.6 Å². The van der Waals surface area contributed by atoms with Gasteiger partial charge in [-0.15, -0.1) is 0 Å². The molecule has 6 heteroatoms. The van der Waals surface area contributed by atoms with E-state index in [1.54, 1.807) is 24.5 Å². The van der Waals surface area contributed by atoms with Crippen LogP contribution in [0.5, 0.6) is 11.5 Å². The van der Waals surface area contributed by atoms with E-state index in [4.69, 9.17) is 9.40 Å². The SMILES string of the molecule is Oc1ccc(-c2c3ccccc3c(-c3ccc(O)c4ncccc34)c3c2ccc2c(-c4ccc(-c5nc6ccccc6o5)cc4)cccc23)c2cccnc12. The Bertz CT molecular complexity index is 3320. The number of rotatable bonds is 4. The molecule has 0 fully saturated rings. The third-order valence-electron chi connectivity index (χ3n) is 10.8. The summed E-state index contributed by atoms with van der Waals surface area (Å²) in [5.74, 6) is 0.874. The molecule has 0 saturated heterocycles. The zero-order valence-corrected chi connectivity index (χ0v) is 29.2. The number of hydrogen-bond donors (Lipinski definition) is 2. The summed E-state index contributed by atoms with van der Waals surface area (Å²) in [6, 6.07) is 51.0. The molecule has 0 bridgehead atoms. The predicted octanol–water partition coefficient (Wildman–Crippen LogP) is 12.5. The summed E-state index contributed by atoms with van der Waals surface area (Å²) in [6.07, 6.45) is 3.43. The zero-order valence-electron chi connectivity index (χ0n) is 29.2. The molecule has 3 aromatic heterocycles. The Morgan fingerprint density at radius 1 is 0.400 bits per heavy atom. The van der Waals surface area contributed by atoms with Gasteiger partial charge >= 0.3 is 0 Å². The molecular formula is C49H29N3O3. The lowest BCUT2D eigenvalue weighted by molar-refractivity contribution is 0.480. The highest BCUT2D eigenvalue weighted by atomic mass is 16.3. The maximum absolute atomic E-state index is 10.9. The topological polar surface area (TPSA) is 92.3 Å². The van der Waals surface area contributed by atoms with Gasteiger partial charge in [0.2, 0.25) is 5.89 Å². The number of fused-ring (bicyclic) bond motifs is 7. The van der Waals surface area contributed by atoms with E-state index in [1.807, 2.05) is 60.7 Å². The first-order chi connectivity index (χ1) is 27.1. The summed E-state index contributed by atoms with van der Waals surface area (Å²) < 4.78 is 6.08. The number of hydrogen-bond acceptors (Lipinski definition) is 6. The summed E-state index contributed by atoms with van der Waals surface area (Å²) >= 11 is 0. The largest absolute Gasteiger partial charge is 0.506 e. The molecule has 258 valence electrons. The third-order valence-corrected chi connectivity index (χ3v) is 10.8. The van der Waals surface area contributed by atoms with E-state index < -0.39 is 0 Å². The first-order valence-corrected chi connectivity index (χ1v) is 18.1. The Labute approximate surface area is 314 Å². The molecule has 0 atom stereocenters. The number of benzene rings is 8. The van der Waals surface area contributed by atoms with Gasteiger partial charge in [0, 0.05) is 28.7 Å². The van der Waals surface area contributed by atoms with Crippen molar-refractivity contribution in [2.45, 2.75) is 0 Å². The standard InChI is InChI=1S/C49H29N3O3/c53-41-24-22-35(37-12-6-26-50-47(37)41)44-33-8-1-2-9-34(33)45(36-23-25-42(54)48-38(36)13-7-27-51-48)46-32-11-5-10-30(31(32)20-21-39(44)46)28-16-18-29(19-17-28)49-52-40-14-3-4-15-43(40)55-49/h1-27,53-54H. The van der Waals surface area contributed by atoms with Gasteiger partial charge in [0.05, 0.1) is 0 Å². The minimum atomic E-state index is 0.140. The van der Waals surface area contributed by atoms with Crippen molar-refractivity contribution in [3.63, 3.8) is 0 Å². The molecule has 0 saturated carbocycles. The Morgan fingerprint density at radius 3 is 1.69 bits per heavy atom. The molecule has 55 heavy (non-hydrogen) atoms. The van der Waals surface area contributed by atoms with Crippen LogP contribution in [0.2, 0.25) is 0 Å². The van der Waals surface area contributed by atoms with Gasteiger partial charge in [0.1, 0.15) is 28.0 Å². The monoisotopic (exact) mass is 707 g/mol. The predicted molar refractivity (Wildman–Crippen MR) is 222 cm³/mol. The van der Waals surface area contributed by atoms with Crippen LogP contribution in [0.3, 0.4) is 0 Å². The fourth-order valence-corrected chi connectivity index (χ4v) is 8.40. The van der Waals surface area contributed by atoms with Crippen LogP contribution in [0.25, 0.3) is 110 Å². The highest BCUT2D eigenvalue weighted by molar-refractivity contribution is 6.31. The van der Waals surface area contributed by atoms with Gasteiger partial charge in [-0.3, -0.25) is 9.97 Å². The zero-order chi connectivity index (χ0) is 36.6. The number of nitrogens with zero attached hydrogens (tertiary/aromatic N) is 3. The summed E-state index contributed by atoms with van der Waals surface area (Å²) in [5.41, 5.74) is 9.86. The first kappa shape index (κ1) is 31.0. The second-order valence-electron chi connectivity index (χ2n) is 13.8. The van der Waals surface area contributed by atoms with Crippen molar-refractivity contribution in [1.29, 1.82) is 0 Å². The maximum Gasteiger partial charge on any atom is 0.227 e. The molecule has 11 aromatic rings. The van der Waals surface area contributed by atoms with E-state index in [2.05, 4.69) is 88.8 Å². The molecule has 0 spiro atoms. The highest BCUT2D eigenvalue weighted by Gasteiger charge is 2.23. The lowest BCUT2D eigenvalue weighted by Gasteiger charge is -2.21. The van der Waals surface area contributed by atoms with E-state index in [1.165, 1.54) is 0 Å². The van der Waals surface area contributed by atoms with E-state index in [9.17, 15) is 10.2 Å². The average molecular weight is 708 g/mol. The number of para-hydroxylation sites is 2. The van der Waals surface area contributed by atoms with Gasteiger partial charge in [-0.05, 0) is 126 Å². The minimum absolute atomic E-state index is 0.140. The molecule has 0 aliphatic carbocycles. The average Bonchev–Trinajstić information content (AvgIpc) is 3.68. The fourth-order valence-electron chi connectivity index (χ4n) is 8.40. The lowest BCUT2D eigenvalue weighted by Crippen LogP contribution is -1.95. The van der Waals surface area contributed by atoms with Crippen molar-refractivity contribution in [2.24, 2.45) is 0 Å². The maximum atomic E-state index is 10.9. The number of phenolic OH excluding ortho intramolecular Hbond substituents is 2. The molecule has 0 amide bonds. The Balaban J connectivity index is 1.24. The Morgan fingerprint density at radius 2 is 0.982 bits per heavy atom. The summed E-state index contributed by atoms with van der Waals surface area (Å²) in [6.45, 7) is 0. The van der Waals surface area contributed by atoms with E-state index in [0.29, 0.717) is 16.9 Å². The molecule has 2 N–H and O–H groups in total.